The van der Waals surface area contributed by atoms with Gasteiger partial charge in [-0.05, 0) is 48.9 Å². The maximum absolute atomic E-state index is 12.7. The van der Waals surface area contributed by atoms with Gasteiger partial charge in [0, 0.05) is 17.5 Å². The molecule has 152 valence electrons. The smallest absolute Gasteiger partial charge is 0.253 e. The highest BCUT2D eigenvalue weighted by Gasteiger charge is 2.41. The number of pyridine rings is 1. The van der Waals surface area contributed by atoms with Crippen LogP contribution in [0.15, 0.2) is 66.0 Å². The standard InChI is InChI=1S/C25H31N3O/c1-17-8-7-13-28(24(17)29)16-25(19(3)26-20(4)27-25)23-12-11-22(18(2)14-23)15-21-9-5-6-10-21/h7-8,11-14,21,26-27H,3-6,9-10,15-16H2,1-2H3. The van der Waals surface area contributed by atoms with Gasteiger partial charge in [0.25, 0.3) is 5.56 Å². The molecule has 0 bridgehead atoms. The molecule has 1 aliphatic carbocycles. The van der Waals surface area contributed by atoms with Gasteiger partial charge in [-0.1, -0.05) is 63.1 Å². The third-order valence-corrected chi connectivity index (χ3v) is 6.62. The van der Waals surface area contributed by atoms with Crippen molar-refractivity contribution >= 4 is 0 Å². The topological polar surface area (TPSA) is 46.1 Å². The molecule has 1 aliphatic heterocycles. The second kappa shape index (κ2) is 7.58. The molecule has 1 aromatic carbocycles. The van der Waals surface area contributed by atoms with Gasteiger partial charge in [-0.15, -0.1) is 0 Å². The maximum atomic E-state index is 12.7. The van der Waals surface area contributed by atoms with Gasteiger partial charge in [0.1, 0.15) is 5.54 Å². The normalized spacial score (nSPS) is 22.0. The van der Waals surface area contributed by atoms with Crippen LogP contribution in [0.4, 0.5) is 0 Å². The van der Waals surface area contributed by atoms with E-state index >= 15 is 0 Å². The van der Waals surface area contributed by atoms with E-state index < -0.39 is 5.54 Å². The van der Waals surface area contributed by atoms with Gasteiger partial charge in [0.05, 0.1) is 12.4 Å². The first-order chi connectivity index (χ1) is 13.9. The molecular formula is C25H31N3O. The third-order valence-electron chi connectivity index (χ3n) is 6.62. The molecule has 1 saturated carbocycles. The van der Waals surface area contributed by atoms with Crippen LogP contribution in [-0.2, 0) is 18.5 Å². The quantitative estimate of drug-likeness (QED) is 0.803. The molecule has 2 aliphatic rings. The highest BCUT2D eigenvalue weighted by atomic mass is 16.1. The van der Waals surface area contributed by atoms with E-state index in [0.717, 1.165) is 29.2 Å². The molecule has 4 nitrogen and oxygen atoms in total. The maximum Gasteiger partial charge on any atom is 0.253 e. The number of hydrogen-bond acceptors (Lipinski definition) is 3. The van der Waals surface area contributed by atoms with E-state index in [1.807, 2.05) is 25.3 Å². The summed E-state index contributed by atoms with van der Waals surface area (Å²) in [5.41, 5.74) is 4.81. The van der Waals surface area contributed by atoms with Crippen LogP contribution in [0, 0.1) is 19.8 Å². The number of benzene rings is 1. The van der Waals surface area contributed by atoms with E-state index in [9.17, 15) is 4.79 Å². The minimum atomic E-state index is -0.606. The van der Waals surface area contributed by atoms with Gasteiger partial charge in [-0.2, -0.15) is 0 Å². The van der Waals surface area contributed by atoms with Crippen molar-refractivity contribution in [1.29, 1.82) is 0 Å². The van der Waals surface area contributed by atoms with Crippen molar-refractivity contribution in [3.05, 3.63) is 93.8 Å². The molecule has 4 rings (SSSR count). The number of rotatable bonds is 5. The Morgan fingerprint density at radius 3 is 2.55 bits per heavy atom. The van der Waals surface area contributed by atoms with Gasteiger partial charge in [0.15, 0.2) is 0 Å². The molecule has 2 N–H and O–H groups in total. The van der Waals surface area contributed by atoms with Crippen LogP contribution in [0.1, 0.15) is 47.9 Å². The average molecular weight is 390 g/mol. The van der Waals surface area contributed by atoms with Gasteiger partial charge in [-0.25, -0.2) is 0 Å². The van der Waals surface area contributed by atoms with Crippen molar-refractivity contribution in [1.82, 2.24) is 15.2 Å². The molecule has 29 heavy (non-hydrogen) atoms. The zero-order valence-electron chi connectivity index (χ0n) is 17.6. The molecule has 1 unspecified atom stereocenters. The van der Waals surface area contributed by atoms with E-state index in [1.165, 1.54) is 36.8 Å². The number of nitrogens with zero attached hydrogens (tertiary/aromatic N) is 1. The lowest BCUT2D eigenvalue weighted by Crippen LogP contribution is -2.44. The zero-order valence-corrected chi connectivity index (χ0v) is 17.6. The molecule has 1 atom stereocenters. The van der Waals surface area contributed by atoms with Gasteiger partial charge >= 0.3 is 0 Å². The summed E-state index contributed by atoms with van der Waals surface area (Å²) in [6.07, 6.45) is 8.44. The SMILES string of the molecule is C=C1NC(=C)C(Cn2cccc(C)c2=O)(c2ccc(CC3CCCC3)c(C)c2)N1. The minimum absolute atomic E-state index is 0.0218. The molecular weight excluding hydrogens is 358 g/mol. The Labute approximate surface area is 173 Å². The van der Waals surface area contributed by atoms with Crippen molar-refractivity contribution in [2.45, 2.75) is 58.0 Å². The first-order valence-corrected chi connectivity index (χ1v) is 10.6. The summed E-state index contributed by atoms with van der Waals surface area (Å²) in [4.78, 5) is 12.7. The summed E-state index contributed by atoms with van der Waals surface area (Å²) >= 11 is 0. The van der Waals surface area contributed by atoms with Crippen molar-refractivity contribution < 1.29 is 0 Å². The number of aromatic nitrogens is 1. The molecule has 2 heterocycles. The Kier molecular flexibility index (Phi) is 5.12. The van der Waals surface area contributed by atoms with E-state index in [4.69, 9.17) is 0 Å². The largest absolute Gasteiger partial charge is 0.356 e. The van der Waals surface area contributed by atoms with Crippen LogP contribution in [-0.4, -0.2) is 4.57 Å². The number of aryl methyl sites for hydroxylation is 2. The molecule has 2 aromatic rings. The van der Waals surface area contributed by atoms with Gasteiger partial charge in [-0.3, -0.25) is 4.79 Å². The van der Waals surface area contributed by atoms with Crippen LogP contribution in [0.3, 0.4) is 0 Å². The van der Waals surface area contributed by atoms with Crippen LogP contribution in [0.5, 0.6) is 0 Å². The highest BCUT2D eigenvalue weighted by Crippen LogP contribution is 2.36. The Bertz CT molecular complexity index is 1010. The summed E-state index contributed by atoms with van der Waals surface area (Å²) in [7, 11) is 0. The van der Waals surface area contributed by atoms with E-state index in [-0.39, 0.29) is 5.56 Å². The Balaban J connectivity index is 1.71. The summed E-state index contributed by atoms with van der Waals surface area (Å²) in [6, 6.07) is 10.5. The van der Waals surface area contributed by atoms with Crippen LogP contribution < -0.4 is 16.2 Å². The number of nitrogens with one attached hydrogen (secondary N) is 2. The Morgan fingerprint density at radius 1 is 1.14 bits per heavy atom. The predicted molar refractivity (Wildman–Crippen MR) is 119 cm³/mol. The third kappa shape index (κ3) is 3.64. The summed E-state index contributed by atoms with van der Waals surface area (Å²) in [6.45, 7) is 12.8. The van der Waals surface area contributed by atoms with Crippen molar-refractivity contribution in [3.8, 4) is 0 Å². The fraction of sp³-hybridized carbons (Fsp3) is 0.400. The Hall–Kier alpha value is -2.75. The molecule has 0 radical (unpaired) electrons. The van der Waals surface area contributed by atoms with Crippen LogP contribution in [0.25, 0.3) is 0 Å². The first-order valence-electron chi connectivity index (χ1n) is 10.6. The van der Waals surface area contributed by atoms with Gasteiger partial charge in [0.2, 0.25) is 0 Å². The zero-order chi connectivity index (χ0) is 20.6. The molecule has 1 saturated heterocycles. The molecule has 0 amide bonds. The average Bonchev–Trinajstić information content (AvgIpc) is 3.29. The lowest BCUT2D eigenvalue weighted by Gasteiger charge is -2.32. The molecule has 0 spiro atoms. The van der Waals surface area contributed by atoms with E-state index in [0.29, 0.717) is 12.4 Å². The molecule has 1 aromatic heterocycles. The highest BCUT2D eigenvalue weighted by molar-refractivity contribution is 5.44. The first kappa shape index (κ1) is 19.6. The van der Waals surface area contributed by atoms with E-state index in [2.05, 4.69) is 48.9 Å². The number of hydrogen-bond donors (Lipinski definition) is 2. The minimum Gasteiger partial charge on any atom is -0.356 e. The van der Waals surface area contributed by atoms with Crippen LogP contribution in [0.2, 0.25) is 0 Å². The second-order valence-electron chi connectivity index (χ2n) is 8.73. The molecule has 4 heteroatoms. The monoisotopic (exact) mass is 389 g/mol. The fourth-order valence-corrected chi connectivity index (χ4v) is 4.88. The lowest BCUT2D eigenvalue weighted by molar-refractivity contribution is 0.392. The van der Waals surface area contributed by atoms with E-state index in [1.54, 1.807) is 4.57 Å². The Morgan fingerprint density at radius 2 is 1.90 bits per heavy atom. The predicted octanol–water partition coefficient (Wildman–Crippen LogP) is 4.27. The summed E-state index contributed by atoms with van der Waals surface area (Å²) in [5.74, 6) is 1.53. The summed E-state index contributed by atoms with van der Waals surface area (Å²) < 4.78 is 1.76. The summed E-state index contributed by atoms with van der Waals surface area (Å²) in [5, 5.41) is 6.72. The lowest BCUT2D eigenvalue weighted by atomic mass is 9.84. The van der Waals surface area contributed by atoms with Crippen molar-refractivity contribution in [2.24, 2.45) is 5.92 Å². The van der Waals surface area contributed by atoms with Crippen molar-refractivity contribution in [3.63, 3.8) is 0 Å². The van der Waals surface area contributed by atoms with Gasteiger partial charge < -0.3 is 15.2 Å². The second-order valence-corrected chi connectivity index (χ2v) is 8.73. The molecule has 2 fully saturated rings. The fourth-order valence-electron chi connectivity index (χ4n) is 4.88. The van der Waals surface area contributed by atoms with Crippen LogP contribution >= 0.6 is 0 Å². The van der Waals surface area contributed by atoms with Crippen molar-refractivity contribution in [2.75, 3.05) is 0 Å².